The zero-order chi connectivity index (χ0) is 14.0. The molecule has 0 aliphatic rings. The summed E-state index contributed by atoms with van der Waals surface area (Å²) in [5.41, 5.74) is 8.03. The predicted molar refractivity (Wildman–Crippen MR) is 75.3 cm³/mol. The fraction of sp³-hybridized carbons (Fsp3) is 0.200. The Bertz CT molecular complexity index is 590. The molecule has 0 spiro atoms. The number of hydrogen-bond donors (Lipinski definition) is 1. The number of benzene rings is 2. The molecule has 0 saturated heterocycles. The van der Waals surface area contributed by atoms with Crippen LogP contribution in [0, 0.1) is 19.7 Å². The van der Waals surface area contributed by atoms with Crippen molar-refractivity contribution in [3.8, 4) is 11.5 Å². The minimum atomic E-state index is -0.359. The Morgan fingerprint density at radius 2 is 1.74 bits per heavy atom. The Kier molecular flexibility index (Phi) is 4.08. The lowest BCUT2D eigenvalue weighted by Crippen LogP contribution is -1.98. The lowest BCUT2D eigenvalue weighted by Gasteiger charge is -2.13. The van der Waals surface area contributed by atoms with Crippen molar-refractivity contribution in [1.82, 2.24) is 0 Å². The van der Waals surface area contributed by atoms with Crippen molar-refractivity contribution in [3.05, 3.63) is 57.9 Å². The summed E-state index contributed by atoms with van der Waals surface area (Å²) in [6.45, 7) is 4.07. The quantitative estimate of drug-likeness (QED) is 0.907. The Labute approximate surface area is 117 Å². The van der Waals surface area contributed by atoms with Crippen molar-refractivity contribution in [2.75, 3.05) is 0 Å². The molecule has 0 aliphatic heterocycles. The first kappa shape index (κ1) is 13.8. The predicted octanol–water partition coefficient (Wildman–Crippen LogP) is 4.35. The molecule has 2 nitrogen and oxygen atoms in total. The molecule has 0 amide bonds. The average molecular weight is 280 g/mol. The van der Waals surface area contributed by atoms with E-state index < -0.39 is 0 Å². The highest BCUT2D eigenvalue weighted by Crippen LogP contribution is 2.32. The molecule has 0 unspecified atom stereocenters. The smallest absolute Gasteiger partial charge is 0.133 e. The van der Waals surface area contributed by atoms with Gasteiger partial charge in [0.1, 0.15) is 17.3 Å². The van der Waals surface area contributed by atoms with E-state index in [1.54, 1.807) is 6.07 Å². The van der Waals surface area contributed by atoms with Crippen molar-refractivity contribution in [2.24, 2.45) is 5.73 Å². The van der Waals surface area contributed by atoms with Gasteiger partial charge in [0.25, 0.3) is 0 Å². The Morgan fingerprint density at radius 1 is 1.11 bits per heavy atom. The van der Waals surface area contributed by atoms with Gasteiger partial charge in [-0.2, -0.15) is 0 Å². The van der Waals surface area contributed by atoms with E-state index in [9.17, 15) is 4.39 Å². The van der Waals surface area contributed by atoms with Crippen LogP contribution in [0.2, 0.25) is 5.02 Å². The zero-order valence-electron chi connectivity index (χ0n) is 10.8. The number of rotatable bonds is 3. The number of nitrogens with two attached hydrogens (primary N) is 1. The van der Waals surface area contributed by atoms with E-state index >= 15 is 0 Å². The Morgan fingerprint density at radius 3 is 2.32 bits per heavy atom. The summed E-state index contributed by atoms with van der Waals surface area (Å²) in [7, 11) is 0. The van der Waals surface area contributed by atoms with Crippen LogP contribution in [0.5, 0.6) is 11.5 Å². The van der Waals surface area contributed by atoms with Gasteiger partial charge in [-0.1, -0.05) is 11.6 Å². The Balaban J connectivity index is 2.39. The van der Waals surface area contributed by atoms with Gasteiger partial charge in [0, 0.05) is 17.6 Å². The van der Waals surface area contributed by atoms with Crippen molar-refractivity contribution in [2.45, 2.75) is 20.4 Å². The molecule has 2 N–H and O–H groups in total. The van der Waals surface area contributed by atoms with E-state index in [-0.39, 0.29) is 12.4 Å². The number of aryl methyl sites for hydroxylation is 2. The first-order valence-corrected chi connectivity index (χ1v) is 6.31. The molecule has 100 valence electrons. The van der Waals surface area contributed by atoms with Gasteiger partial charge in [0.2, 0.25) is 0 Å². The third kappa shape index (κ3) is 3.25. The van der Waals surface area contributed by atoms with E-state index in [0.717, 1.165) is 11.1 Å². The molecule has 0 atom stereocenters. The first-order chi connectivity index (χ1) is 8.99. The highest BCUT2D eigenvalue weighted by Gasteiger charge is 2.08. The molecular formula is C15H15ClFNO. The summed E-state index contributed by atoms with van der Waals surface area (Å²) in [5, 5.41) is 0.657. The van der Waals surface area contributed by atoms with E-state index in [4.69, 9.17) is 22.1 Å². The fourth-order valence-electron chi connectivity index (χ4n) is 1.97. The fourth-order valence-corrected chi connectivity index (χ4v) is 2.30. The van der Waals surface area contributed by atoms with Gasteiger partial charge in [0.15, 0.2) is 0 Å². The van der Waals surface area contributed by atoms with Crippen LogP contribution in [0.1, 0.15) is 16.7 Å². The highest BCUT2D eigenvalue weighted by atomic mass is 35.5. The summed E-state index contributed by atoms with van der Waals surface area (Å²) < 4.78 is 19.2. The summed E-state index contributed by atoms with van der Waals surface area (Å²) in [5.74, 6) is 0.772. The van der Waals surface area contributed by atoms with E-state index in [1.165, 1.54) is 12.1 Å². The molecule has 0 radical (unpaired) electrons. The topological polar surface area (TPSA) is 35.2 Å². The molecule has 2 rings (SSSR count). The molecule has 2 aromatic carbocycles. The minimum absolute atomic E-state index is 0.271. The monoisotopic (exact) mass is 279 g/mol. The molecular weight excluding hydrogens is 265 g/mol. The Hall–Kier alpha value is -1.58. The van der Waals surface area contributed by atoms with E-state index in [1.807, 2.05) is 26.0 Å². The molecule has 0 fully saturated rings. The lowest BCUT2D eigenvalue weighted by molar-refractivity contribution is 0.468. The number of halogens is 2. The van der Waals surface area contributed by atoms with Crippen LogP contribution in [-0.2, 0) is 6.54 Å². The molecule has 0 aromatic heterocycles. The summed E-state index contributed by atoms with van der Waals surface area (Å²) in [4.78, 5) is 0. The molecule has 0 aliphatic carbocycles. The maximum atomic E-state index is 13.4. The summed E-state index contributed by atoms with van der Waals surface area (Å²) in [6.07, 6.45) is 0. The van der Waals surface area contributed by atoms with Crippen LogP contribution in [0.25, 0.3) is 0 Å². The van der Waals surface area contributed by atoms with Crippen molar-refractivity contribution in [1.29, 1.82) is 0 Å². The average Bonchev–Trinajstić information content (AvgIpc) is 2.33. The summed E-state index contributed by atoms with van der Waals surface area (Å²) >= 11 is 5.97. The van der Waals surface area contributed by atoms with Crippen LogP contribution >= 0.6 is 11.6 Å². The zero-order valence-corrected chi connectivity index (χ0v) is 11.6. The second-order valence-corrected chi connectivity index (χ2v) is 4.91. The second-order valence-electron chi connectivity index (χ2n) is 4.47. The van der Waals surface area contributed by atoms with Crippen molar-refractivity contribution < 1.29 is 9.13 Å². The summed E-state index contributed by atoms with van der Waals surface area (Å²) in [6, 6.07) is 8.09. The SMILES string of the molecule is Cc1cc(Cl)cc(C)c1Oc1cc(F)cc(CN)c1. The first-order valence-electron chi connectivity index (χ1n) is 5.93. The number of hydrogen-bond acceptors (Lipinski definition) is 2. The van der Waals surface area contributed by atoms with Crippen molar-refractivity contribution >= 4 is 11.6 Å². The molecule has 19 heavy (non-hydrogen) atoms. The molecule has 0 saturated carbocycles. The number of ether oxygens (including phenoxy) is 1. The largest absolute Gasteiger partial charge is 0.457 e. The molecule has 0 bridgehead atoms. The van der Waals surface area contributed by atoms with E-state index in [0.29, 0.717) is 22.1 Å². The standard InChI is InChI=1S/C15H15ClFNO/c1-9-3-12(16)4-10(2)15(9)19-14-6-11(8-18)5-13(17)7-14/h3-7H,8,18H2,1-2H3. The third-order valence-corrected chi connectivity index (χ3v) is 3.03. The third-order valence-electron chi connectivity index (χ3n) is 2.81. The second kappa shape index (κ2) is 5.59. The minimum Gasteiger partial charge on any atom is -0.457 e. The van der Waals surface area contributed by atoms with Crippen LogP contribution in [0.4, 0.5) is 4.39 Å². The van der Waals surface area contributed by atoms with Crippen LogP contribution < -0.4 is 10.5 Å². The highest BCUT2D eigenvalue weighted by molar-refractivity contribution is 6.30. The van der Waals surface area contributed by atoms with Crippen LogP contribution in [0.3, 0.4) is 0 Å². The normalized spacial score (nSPS) is 10.6. The van der Waals surface area contributed by atoms with Crippen LogP contribution in [-0.4, -0.2) is 0 Å². The van der Waals surface area contributed by atoms with Gasteiger partial charge in [-0.15, -0.1) is 0 Å². The van der Waals surface area contributed by atoms with Crippen molar-refractivity contribution in [3.63, 3.8) is 0 Å². The molecule has 2 aromatic rings. The van der Waals surface area contributed by atoms with Gasteiger partial charge in [-0.05, 0) is 54.8 Å². The molecule has 4 heteroatoms. The van der Waals surface area contributed by atoms with E-state index in [2.05, 4.69) is 0 Å². The van der Waals surface area contributed by atoms with Gasteiger partial charge in [-0.3, -0.25) is 0 Å². The van der Waals surface area contributed by atoms with Crippen LogP contribution in [0.15, 0.2) is 30.3 Å². The maximum absolute atomic E-state index is 13.4. The van der Waals surface area contributed by atoms with Gasteiger partial charge in [-0.25, -0.2) is 4.39 Å². The van der Waals surface area contributed by atoms with Gasteiger partial charge < -0.3 is 10.5 Å². The molecule has 0 heterocycles. The lowest BCUT2D eigenvalue weighted by atomic mass is 10.1. The van der Waals surface area contributed by atoms with Gasteiger partial charge >= 0.3 is 0 Å². The van der Waals surface area contributed by atoms with Gasteiger partial charge in [0.05, 0.1) is 0 Å². The maximum Gasteiger partial charge on any atom is 0.133 e.